The van der Waals surface area contributed by atoms with Gasteiger partial charge in [0.2, 0.25) is 0 Å². The highest BCUT2D eigenvalue weighted by Gasteiger charge is 2.23. The predicted octanol–water partition coefficient (Wildman–Crippen LogP) is 4.54. The quantitative estimate of drug-likeness (QED) is 0.525. The van der Waals surface area contributed by atoms with Gasteiger partial charge in [0, 0.05) is 23.4 Å². The minimum Gasteiger partial charge on any atom is -0.380 e. The Bertz CT molecular complexity index is 1140. The van der Waals surface area contributed by atoms with Gasteiger partial charge in [0.15, 0.2) is 0 Å². The molecule has 0 aliphatic heterocycles. The fraction of sp³-hybridized carbons (Fsp3) is 0.100. The van der Waals surface area contributed by atoms with Gasteiger partial charge in [0.1, 0.15) is 0 Å². The summed E-state index contributed by atoms with van der Waals surface area (Å²) in [5, 5.41) is 3.24. The Balaban J connectivity index is 1.83. The fourth-order valence-electron chi connectivity index (χ4n) is 2.55. The van der Waals surface area contributed by atoms with E-state index < -0.39 is 15.9 Å². The lowest BCUT2D eigenvalue weighted by Gasteiger charge is -2.14. The first-order valence-corrected chi connectivity index (χ1v) is 11.2. The molecule has 0 saturated carbocycles. The number of aromatic nitrogens is 1. The monoisotopic (exact) mass is 493 g/mol. The first-order chi connectivity index (χ1) is 13.8. The number of amides is 1. The van der Waals surface area contributed by atoms with E-state index in [1.165, 1.54) is 12.1 Å². The maximum Gasteiger partial charge on any atom is 0.267 e. The zero-order chi connectivity index (χ0) is 21.0. The van der Waals surface area contributed by atoms with Gasteiger partial charge in [0.25, 0.3) is 15.9 Å². The van der Waals surface area contributed by atoms with Crippen molar-refractivity contribution in [1.82, 2.24) is 9.71 Å². The molecular weight excluding hydrogens is 478 g/mol. The molecule has 150 valence electrons. The summed E-state index contributed by atoms with van der Waals surface area (Å²) in [6.45, 7) is 2.29. The first-order valence-electron chi connectivity index (χ1n) is 8.52. The Labute approximate surface area is 182 Å². The van der Waals surface area contributed by atoms with Gasteiger partial charge in [-0.1, -0.05) is 35.4 Å². The van der Waals surface area contributed by atoms with Gasteiger partial charge in [0.05, 0.1) is 21.2 Å². The van der Waals surface area contributed by atoms with Crippen molar-refractivity contribution in [2.24, 2.45) is 0 Å². The maximum atomic E-state index is 12.7. The molecule has 29 heavy (non-hydrogen) atoms. The molecule has 3 aromatic rings. The van der Waals surface area contributed by atoms with Crippen LogP contribution in [0.4, 0.5) is 5.69 Å². The van der Waals surface area contributed by atoms with Crippen molar-refractivity contribution >= 4 is 49.1 Å². The van der Waals surface area contributed by atoms with Crippen molar-refractivity contribution in [3.63, 3.8) is 0 Å². The van der Waals surface area contributed by atoms with Crippen LogP contribution < -0.4 is 10.0 Å². The SMILES string of the molecule is Cc1ccc(S(=O)(=O)NC(=O)c2c(Br)ccc(NCc3cccnc3)c2Cl)cc1. The number of halogens is 2. The lowest BCUT2D eigenvalue weighted by molar-refractivity contribution is 0.0981. The number of benzene rings is 2. The highest BCUT2D eigenvalue weighted by Crippen LogP contribution is 2.32. The number of rotatable bonds is 6. The average molecular weight is 495 g/mol. The number of carbonyl (C=O) groups excluding carboxylic acids is 1. The topological polar surface area (TPSA) is 88.2 Å². The standard InChI is InChI=1S/C20H17BrClN3O3S/c1-13-4-6-15(7-5-13)29(27,28)25-20(26)18-16(21)8-9-17(19(18)22)24-12-14-3-2-10-23-11-14/h2-11,24H,12H2,1H3,(H,25,26). The number of hydrogen-bond donors (Lipinski definition) is 2. The molecule has 0 saturated heterocycles. The van der Waals surface area contributed by atoms with E-state index in [-0.39, 0.29) is 15.5 Å². The van der Waals surface area contributed by atoms with Gasteiger partial charge in [-0.3, -0.25) is 9.78 Å². The number of anilines is 1. The number of pyridine rings is 1. The molecule has 1 heterocycles. The molecule has 0 bridgehead atoms. The zero-order valence-corrected chi connectivity index (χ0v) is 18.5. The molecule has 0 aliphatic rings. The third kappa shape index (κ3) is 5.14. The number of nitrogens with zero attached hydrogens (tertiary/aromatic N) is 1. The molecule has 0 unspecified atom stereocenters. The van der Waals surface area contributed by atoms with Crippen LogP contribution in [-0.2, 0) is 16.6 Å². The van der Waals surface area contributed by atoms with Gasteiger partial charge in [-0.25, -0.2) is 13.1 Å². The smallest absolute Gasteiger partial charge is 0.267 e. The Kier molecular flexibility index (Phi) is 6.56. The van der Waals surface area contributed by atoms with Gasteiger partial charge in [-0.15, -0.1) is 0 Å². The van der Waals surface area contributed by atoms with Crippen LogP contribution in [0.5, 0.6) is 0 Å². The van der Waals surface area contributed by atoms with Crippen LogP contribution >= 0.6 is 27.5 Å². The fourth-order valence-corrected chi connectivity index (χ4v) is 4.45. The number of sulfonamides is 1. The van der Waals surface area contributed by atoms with Crippen LogP contribution in [0, 0.1) is 6.92 Å². The molecule has 2 N–H and O–H groups in total. The van der Waals surface area contributed by atoms with Gasteiger partial charge in [-0.05, 0) is 58.7 Å². The van der Waals surface area contributed by atoms with E-state index in [1.807, 2.05) is 19.1 Å². The number of nitrogens with one attached hydrogen (secondary N) is 2. The molecule has 9 heteroatoms. The van der Waals surface area contributed by atoms with Gasteiger partial charge in [-0.2, -0.15) is 0 Å². The summed E-state index contributed by atoms with van der Waals surface area (Å²) in [6, 6.07) is 13.2. The van der Waals surface area contributed by atoms with Crippen molar-refractivity contribution in [2.75, 3.05) is 5.32 Å². The van der Waals surface area contributed by atoms with Crippen molar-refractivity contribution < 1.29 is 13.2 Å². The van der Waals surface area contributed by atoms with Gasteiger partial charge >= 0.3 is 0 Å². The highest BCUT2D eigenvalue weighted by molar-refractivity contribution is 9.10. The summed E-state index contributed by atoms with van der Waals surface area (Å²) in [7, 11) is -4.03. The zero-order valence-electron chi connectivity index (χ0n) is 15.3. The van der Waals surface area contributed by atoms with E-state index in [0.29, 0.717) is 16.7 Å². The first kappa shape index (κ1) is 21.3. The minimum absolute atomic E-state index is 0.00504. The Morgan fingerprint density at radius 3 is 2.52 bits per heavy atom. The van der Waals surface area contributed by atoms with E-state index >= 15 is 0 Å². The van der Waals surface area contributed by atoms with Crippen LogP contribution in [-0.4, -0.2) is 19.3 Å². The van der Waals surface area contributed by atoms with Crippen molar-refractivity contribution in [2.45, 2.75) is 18.4 Å². The van der Waals surface area contributed by atoms with Crippen LogP contribution in [0.25, 0.3) is 0 Å². The predicted molar refractivity (Wildman–Crippen MR) is 117 cm³/mol. The summed E-state index contributed by atoms with van der Waals surface area (Å²) < 4.78 is 27.5. The van der Waals surface area contributed by atoms with E-state index in [9.17, 15) is 13.2 Å². The average Bonchev–Trinajstić information content (AvgIpc) is 2.68. The van der Waals surface area contributed by atoms with E-state index in [2.05, 4.69) is 31.0 Å². The molecular formula is C20H17BrClN3O3S. The van der Waals surface area contributed by atoms with Crippen LogP contribution in [0.15, 0.2) is 70.3 Å². The summed E-state index contributed by atoms with van der Waals surface area (Å²) in [4.78, 5) is 16.8. The maximum absolute atomic E-state index is 12.7. The Hall–Kier alpha value is -2.42. The molecule has 0 spiro atoms. The second-order valence-electron chi connectivity index (χ2n) is 6.25. The largest absolute Gasteiger partial charge is 0.380 e. The minimum atomic E-state index is -4.03. The van der Waals surface area contributed by atoms with Crippen LogP contribution in [0.2, 0.25) is 5.02 Å². The molecule has 0 fully saturated rings. The molecule has 6 nitrogen and oxygen atoms in total. The van der Waals surface area contributed by atoms with Crippen molar-refractivity contribution in [1.29, 1.82) is 0 Å². The highest BCUT2D eigenvalue weighted by atomic mass is 79.9. The summed E-state index contributed by atoms with van der Waals surface area (Å²) in [6.07, 6.45) is 3.38. The number of aryl methyl sites for hydroxylation is 1. The van der Waals surface area contributed by atoms with Crippen molar-refractivity contribution in [3.8, 4) is 0 Å². The summed E-state index contributed by atoms with van der Waals surface area (Å²) >= 11 is 9.68. The molecule has 0 atom stereocenters. The van der Waals surface area contributed by atoms with E-state index in [1.54, 1.807) is 36.7 Å². The van der Waals surface area contributed by atoms with Crippen LogP contribution in [0.3, 0.4) is 0 Å². The van der Waals surface area contributed by atoms with Crippen molar-refractivity contribution in [3.05, 3.63) is 87.1 Å². The molecule has 0 radical (unpaired) electrons. The van der Waals surface area contributed by atoms with Crippen LogP contribution in [0.1, 0.15) is 21.5 Å². The third-order valence-electron chi connectivity index (χ3n) is 4.08. The Morgan fingerprint density at radius 1 is 1.14 bits per heavy atom. The molecule has 2 aromatic carbocycles. The lowest BCUT2D eigenvalue weighted by Crippen LogP contribution is -2.31. The second-order valence-corrected chi connectivity index (χ2v) is 9.16. The second kappa shape index (κ2) is 8.94. The Morgan fingerprint density at radius 2 is 1.86 bits per heavy atom. The molecule has 1 aromatic heterocycles. The molecule has 3 rings (SSSR count). The normalized spacial score (nSPS) is 11.1. The van der Waals surface area contributed by atoms with E-state index in [4.69, 9.17) is 11.6 Å². The summed E-state index contributed by atoms with van der Waals surface area (Å²) in [5.74, 6) is -0.826. The number of hydrogen-bond acceptors (Lipinski definition) is 5. The summed E-state index contributed by atoms with van der Waals surface area (Å²) in [5.41, 5.74) is 2.36. The van der Waals surface area contributed by atoms with E-state index in [0.717, 1.165) is 11.1 Å². The van der Waals surface area contributed by atoms with Gasteiger partial charge < -0.3 is 5.32 Å². The lowest BCUT2D eigenvalue weighted by atomic mass is 10.2. The molecule has 1 amide bonds. The third-order valence-corrected chi connectivity index (χ3v) is 6.48. The molecule has 0 aliphatic carbocycles. The number of carbonyl (C=O) groups is 1.